The molecule has 5 nitrogen and oxygen atoms in total. The zero-order valence-corrected chi connectivity index (χ0v) is 11.3. The smallest absolute Gasteiger partial charge is 0.253 e. The molecule has 6 heteroatoms. The Morgan fingerprint density at radius 3 is 3.00 bits per heavy atom. The maximum atomic E-state index is 11.9. The number of nitrogens with one attached hydrogen (secondary N) is 2. The Morgan fingerprint density at radius 2 is 2.33 bits per heavy atom. The van der Waals surface area contributed by atoms with Crippen molar-refractivity contribution in [2.75, 3.05) is 12.3 Å². The first-order valence-electron chi connectivity index (χ1n) is 5.69. The summed E-state index contributed by atoms with van der Waals surface area (Å²) in [5.41, 5.74) is 6.62. The molecule has 0 radical (unpaired) electrons. The van der Waals surface area contributed by atoms with E-state index in [4.69, 9.17) is 5.73 Å². The summed E-state index contributed by atoms with van der Waals surface area (Å²) in [4.78, 5) is 22.9. The minimum Gasteiger partial charge on any atom is -0.398 e. The van der Waals surface area contributed by atoms with E-state index in [0.717, 1.165) is 10.9 Å². The summed E-state index contributed by atoms with van der Waals surface area (Å²) in [5.74, 6) is -0.189. The van der Waals surface area contributed by atoms with Crippen LogP contribution in [0.4, 0.5) is 5.69 Å². The van der Waals surface area contributed by atoms with Gasteiger partial charge in [-0.15, -0.1) is 0 Å². The van der Waals surface area contributed by atoms with Crippen molar-refractivity contribution >= 4 is 33.4 Å². The molecule has 1 fully saturated rings. The number of amides is 2. The Morgan fingerprint density at radius 1 is 1.56 bits per heavy atom. The van der Waals surface area contributed by atoms with E-state index in [2.05, 4.69) is 26.6 Å². The van der Waals surface area contributed by atoms with Gasteiger partial charge in [-0.2, -0.15) is 0 Å². The Bertz CT molecular complexity index is 490. The van der Waals surface area contributed by atoms with Crippen LogP contribution in [0.5, 0.6) is 0 Å². The van der Waals surface area contributed by atoms with Gasteiger partial charge in [-0.3, -0.25) is 9.59 Å². The van der Waals surface area contributed by atoms with Gasteiger partial charge in [0, 0.05) is 29.2 Å². The molecule has 0 saturated carbocycles. The second kappa shape index (κ2) is 5.39. The predicted molar refractivity (Wildman–Crippen MR) is 72.1 cm³/mol. The summed E-state index contributed by atoms with van der Waals surface area (Å²) in [5, 5.41) is 5.57. The highest BCUT2D eigenvalue weighted by atomic mass is 79.9. The molecule has 1 heterocycles. The summed E-state index contributed by atoms with van der Waals surface area (Å²) in [6.45, 7) is 0.427. The quantitative estimate of drug-likeness (QED) is 0.729. The van der Waals surface area contributed by atoms with Gasteiger partial charge in [-0.1, -0.05) is 15.9 Å². The average molecular weight is 312 g/mol. The second-order valence-corrected chi connectivity index (χ2v) is 5.16. The Balaban J connectivity index is 1.95. The fraction of sp³-hybridized carbons (Fsp3) is 0.333. The minimum absolute atomic E-state index is 0.0230. The van der Waals surface area contributed by atoms with Gasteiger partial charge >= 0.3 is 0 Å². The molecule has 0 aromatic heterocycles. The van der Waals surface area contributed by atoms with Crippen molar-refractivity contribution < 1.29 is 9.59 Å². The molecular formula is C12H14BrN3O2. The molecule has 0 spiro atoms. The van der Waals surface area contributed by atoms with Gasteiger partial charge in [-0.25, -0.2) is 0 Å². The van der Waals surface area contributed by atoms with Gasteiger partial charge in [0.05, 0.1) is 5.56 Å². The molecule has 1 atom stereocenters. The zero-order chi connectivity index (χ0) is 13.1. The van der Waals surface area contributed by atoms with Gasteiger partial charge in [0.25, 0.3) is 5.91 Å². The fourth-order valence-electron chi connectivity index (χ4n) is 1.87. The molecule has 1 aliphatic rings. The lowest BCUT2D eigenvalue weighted by Crippen LogP contribution is -2.38. The van der Waals surface area contributed by atoms with Gasteiger partial charge in [0.15, 0.2) is 0 Å². The van der Waals surface area contributed by atoms with E-state index in [0.29, 0.717) is 24.2 Å². The summed E-state index contributed by atoms with van der Waals surface area (Å²) < 4.78 is 0.802. The molecule has 2 rings (SSSR count). The SMILES string of the molecule is Nc1ccc(Br)cc1C(=O)NCC1CCC(=O)N1. The van der Waals surface area contributed by atoms with Crippen LogP contribution in [0.3, 0.4) is 0 Å². The van der Waals surface area contributed by atoms with Crippen molar-refractivity contribution in [3.63, 3.8) is 0 Å². The molecule has 1 aliphatic heterocycles. The van der Waals surface area contributed by atoms with Gasteiger partial charge in [0.1, 0.15) is 0 Å². The number of nitrogens with two attached hydrogens (primary N) is 1. The summed E-state index contributed by atoms with van der Waals surface area (Å²) in [6.07, 6.45) is 1.28. The third kappa shape index (κ3) is 3.01. The van der Waals surface area contributed by atoms with E-state index in [9.17, 15) is 9.59 Å². The number of benzene rings is 1. The highest BCUT2D eigenvalue weighted by molar-refractivity contribution is 9.10. The monoisotopic (exact) mass is 311 g/mol. The van der Waals surface area contributed by atoms with E-state index < -0.39 is 0 Å². The predicted octanol–water partition coefficient (Wildman–Crippen LogP) is 1.04. The van der Waals surface area contributed by atoms with E-state index in [1.165, 1.54) is 0 Å². The van der Waals surface area contributed by atoms with Crippen LogP contribution in [0.25, 0.3) is 0 Å². The molecule has 1 aromatic rings. The van der Waals surface area contributed by atoms with Crippen molar-refractivity contribution in [3.8, 4) is 0 Å². The molecule has 1 aromatic carbocycles. The number of rotatable bonds is 3. The molecular weight excluding hydrogens is 298 g/mol. The third-order valence-corrected chi connectivity index (χ3v) is 3.35. The number of hydrogen-bond donors (Lipinski definition) is 3. The lowest BCUT2D eigenvalue weighted by atomic mass is 10.1. The number of anilines is 1. The maximum Gasteiger partial charge on any atom is 0.253 e. The topological polar surface area (TPSA) is 84.2 Å². The van der Waals surface area contributed by atoms with Crippen LogP contribution in [0.1, 0.15) is 23.2 Å². The fourth-order valence-corrected chi connectivity index (χ4v) is 2.23. The van der Waals surface area contributed by atoms with E-state index in [1.54, 1.807) is 18.2 Å². The van der Waals surface area contributed by atoms with Crippen LogP contribution >= 0.6 is 15.9 Å². The Kier molecular flexibility index (Phi) is 3.86. The van der Waals surface area contributed by atoms with Crippen LogP contribution in [0, 0.1) is 0 Å². The number of carbonyl (C=O) groups is 2. The van der Waals surface area contributed by atoms with E-state index in [-0.39, 0.29) is 17.9 Å². The largest absolute Gasteiger partial charge is 0.398 e. The number of halogens is 1. The first-order valence-corrected chi connectivity index (χ1v) is 6.48. The third-order valence-electron chi connectivity index (χ3n) is 2.85. The standard InChI is InChI=1S/C12H14BrN3O2/c13-7-1-3-10(14)9(5-7)12(18)15-6-8-2-4-11(17)16-8/h1,3,5,8H,2,4,6,14H2,(H,15,18)(H,16,17). The van der Waals surface area contributed by atoms with Crippen LogP contribution < -0.4 is 16.4 Å². The summed E-state index contributed by atoms with van der Waals surface area (Å²) >= 11 is 3.30. The first kappa shape index (κ1) is 12.9. The van der Waals surface area contributed by atoms with Crippen LogP contribution in [0.2, 0.25) is 0 Å². The lowest BCUT2D eigenvalue weighted by molar-refractivity contribution is -0.119. The minimum atomic E-state index is -0.227. The van der Waals surface area contributed by atoms with Crippen molar-refractivity contribution in [1.82, 2.24) is 10.6 Å². The summed E-state index contributed by atoms with van der Waals surface area (Å²) in [6, 6.07) is 5.16. The Labute approximate surface area is 113 Å². The first-order chi connectivity index (χ1) is 8.56. The molecule has 4 N–H and O–H groups in total. The molecule has 1 saturated heterocycles. The van der Waals surface area contributed by atoms with Crippen molar-refractivity contribution in [2.45, 2.75) is 18.9 Å². The highest BCUT2D eigenvalue weighted by Crippen LogP contribution is 2.18. The number of hydrogen-bond acceptors (Lipinski definition) is 3. The lowest BCUT2D eigenvalue weighted by Gasteiger charge is -2.12. The van der Waals surface area contributed by atoms with Gasteiger partial charge in [-0.05, 0) is 24.6 Å². The second-order valence-electron chi connectivity index (χ2n) is 4.24. The van der Waals surface area contributed by atoms with E-state index >= 15 is 0 Å². The molecule has 2 amide bonds. The van der Waals surface area contributed by atoms with Gasteiger partial charge in [0.2, 0.25) is 5.91 Å². The normalized spacial score (nSPS) is 18.5. The molecule has 0 aliphatic carbocycles. The van der Waals surface area contributed by atoms with Crippen molar-refractivity contribution in [3.05, 3.63) is 28.2 Å². The van der Waals surface area contributed by atoms with Crippen LogP contribution in [0.15, 0.2) is 22.7 Å². The van der Waals surface area contributed by atoms with Gasteiger partial charge < -0.3 is 16.4 Å². The molecule has 18 heavy (non-hydrogen) atoms. The molecule has 0 bridgehead atoms. The van der Waals surface area contributed by atoms with Crippen LogP contribution in [-0.2, 0) is 4.79 Å². The maximum absolute atomic E-state index is 11.9. The van der Waals surface area contributed by atoms with Crippen molar-refractivity contribution in [2.24, 2.45) is 0 Å². The highest BCUT2D eigenvalue weighted by Gasteiger charge is 2.21. The molecule has 1 unspecified atom stereocenters. The zero-order valence-electron chi connectivity index (χ0n) is 9.70. The molecule has 96 valence electrons. The number of nitrogen functional groups attached to an aromatic ring is 1. The van der Waals surface area contributed by atoms with Crippen LogP contribution in [-0.4, -0.2) is 24.4 Å². The Hall–Kier alpha value is -1.56. The van der Waals surface area contributed by atoms with E-state index in [1.807, 2.05) is 0 Å². The number of carbonyl (C=O) groups excluding carboxylic acids is 2. The average Bonchev–Trinajstić information content (AvgIpc) is 2.75. The summed E-state index contributed by atoms with van der Waals surface area (Å²) in [7, 11) is 0. The van der Waals surface area contributed by atoms with Crippen molar-refractivity contribution in [1.29, 1.82) is 0 Å².